The normalized spacial score (nSPS) is 11.1. The summed E-state index contributed by atoms with van der Waals surface area (Å²) in [5.41, 5.74) is 0.835. The maximum atomic E-state index is 12.6. The third kappa shape index (κ3) is 4.08. The molecule has 0 amide bonds. The van der Waals surface area contributed by atoms with Gasteiger partial charge in [-0.2, -0.15) is 0 Å². The number of thioether (sulfide) groups is 1. The van der Waals surface area contributed by atoms with Crippen LogP contribution in [0, 0.1) is 0 Å². The molecule has 1 aromatic heterocycles. The first-order valence-corrected chi connectivity index (χ1v) is 8.46. The van der Waals surface area contributed by atoms with Gasteiger partial charge in [0.25, 0.3) is 5.56 Å². The fourth-order valence-electron chi connectivity index (χ4n) is 2.11. The predicted octanol–water partition coefficient (Wildman–Crippen LogP) is 3.33. The molecule has 0 saturated carbocycles. The van der Waals surface area contributed by atoms with Gasteiger partial charge in [-0.15, -0.1) is 0 Å². The topological polar surface area (TPSA) is 44.1 Å². The van der Waals surface area contributed by atoms with E-state index in [1.807, 2.05) is 35.8 Å². The van der Waals surface area contributed by atoms with Crippen LogP contribution in [0.5, 0.6) is 0 Å². The van der Waals surface area contributed by atoms with Crippen LogP contribution in [0.25, 0.3) is 10.9 Å². The Kier molecular flexibility index (Phi) is 6.26. The molecule has 0 unspecified atom stereocenters. The molecule has 0 bridgehead atoms. The fraction of sp³-hybridized carbons (Fsp3) is 0.500. The second kappa shape index (κ2) is 8.20. The molecule has 21 heavy (non-hydrogen) atoms. The van der Waals surface area contributed by atoms with Gasteiger partial charge in [-0.3, -0.25) is 9.36 Å². The van der Waals surface area contributed by atoms with Crippen molar-refractivity contribution in [2.45, 2.75) is 38.4 Å². The van der Waals surface area contributed by atoms with E-state index in [2.05, 4.69) is 11.9 Å². The zero-order valence-corrected chi connectivity index (χ0v) is 13.5. The van der Waals surface area contributed by atoms with E-state index in [1.54, 1.807) is 11.8 Å². The first-order valence-electron chi connectivity index (χ1n) is 7.48. The molecule has 0 atom stereocenters. The van der Waals surface area contributed by atoms with Crippen molar-refractivity contribution in [1.29, 1.82) is 0 Å². The van der Waals surface area contributed by atoms with Gasteiger partial charge in [0.15, 0.2) is 5.16 Å². The fourth-order valence-corrected chi connectivity index (χ4v) is 2.98. The smallest absolute Gasteiger partial charge is 0.262 e. The minimum absolute atomic E-state index is 0.0629. The summed E-state index contributed by atoms with van der Waals surface area (Å²) in [6.07, 6.45) is 2.04. The molecule has 0 aliphatic carbocycles. The summed E-state index contributed by atoms with van der Waals surface area (Å²) < 4.78 is 7.17. The lowest BCUT2D eigenvalue weighted by molar-refractivity contribution is 0.164. The Morgan fingerprint density at radius 1 is 1.29 bits per heavy atom. The average Bonchev–Trinajstić information content (AvgIpc) is 2.51. The highest BCUT2D eigenvalue weighted by Gasteiger charge is 2.10. The second-order valence-corrected chi connectivity index (χ2v) is 5.83. The SMILES string of the molecule is CCCCn1c(SCCOCC)nc2ccccc2c1=O. The van der Waals surface area contributed by atoms with Gasteiger partial charge < -0.3 is 4.74 Å². The lowest BCUT2D eigenvalue weighted by atomic mass is 10.2. The Morgan fingerprint density at radius 3 is 2.86 bits per heavy atom. The molecule has 2 aromatic rings. The van der Waals surface area contributed by atoms with Crippen LogP contribution < -0.4 is 5.56 Å². The van der Waals surface area contributed by atoms with Gasteiger partial charge in [0.2, 0.25) is 0 Å². The maximum absolute atomic E-state index is 12.6. The highest BCUT2D eigenvalue weighted by Crippen LogP contribution is 2.18. The number of hydrogen-bond donors (Lipinski definition) is 0. The lowest BCUT2D eigenvalue weighted by Gasteiger charge is -2.12. The minimum Gasteiger partial charge on any atom is -0.381 e. The molecular formula is C16H22N2O2S. The van der Waals surface area contributed by atoms with E-state index in [-0.39, 0.29) is 5.56 Å². The van der Waals surface area contributed by atoms with Crippen molar-refractivity contribution in [2.24, 2.45) is 0 Å². The first-order chi connectivity index (χ1) is 10.3. The van der Waals surface area contributed by atoms with Crippen molar-refractivity contribution < 1.29 is 4.74 Å². The van der Waals surface area contributed by atoms with E-state index >= 15 is 0 Å². The quantitative estimate of drug-likeness (QED) is 0.426. The van der Waals surface area contributed by atoms with Crippen LogP contribution in [0.15, 0.2) is 34.2 Å². The molecule has 0 aliphatic rings. The minimum atomic E-state index is 0.0629. The molecule has 2 rings (SSSR count). The third-order valence-corrected chi connectivity index (χ3v) is 4.17. The molecule has 5 heteroatoms. The van der Waals surface area contributed by atoms with Crippen LogP contribution in [0.2, 0.25) is 0 Å². The zero-order chi connectivity index (χ0) is 15.1. The molecule has 4 nitrogen and oxygen atoms in total. The van der Waals surface area contributed by atoms with Crippen LogP contribution in [-0.4, -0.2) is 28.5 Å². The summed E-state index contributed by atoms with van der Waals surface area (Å²) >= 11 is 1.59. The molecule has 0 aliphatic heterocycles. The van der Waals surface area contributed by atoms with E-state index in [9.17, 15) is 4.79 Å². The van der Waals surface area contributed by atoms with E-state index in [1.165, 1.54) is 0 Å². The number of para-hydroxylation sites is 1. The lowest BCUT2D eigenvalue weighted by Crippen LogP contribution is -2.23. The number of nitrogens with zero attached hydrogens (tertiary/aromatic N) is 2. The van der Waals surface area contributed by atoms with Crippen LogP contribution in [-0.2, 0) is 11.3 Å². The molecule has 1 aromatic carbocycles. The molecule has 0 N–H and O–H groups in total. The Bertz CT molecular complexity index is 640. The Hall–Kier alpha value is -1.33. The van der Waals surface area contributed by atoms with Gasteiger partial charge in [0.05, 0.1) is 17.5 Å². The zero-order valence-electron chi connectivity index (χ0n) is 12.7. The number of fused-ring (bicyclic) bond motifs is 1. The van der Waals surface area contributed by atoms with Gasteiger partial charge in [-0.25, -0.2) is 4.98 Å². The highest BCUT2D eigenvalue weighted by atomic mass is 32.2. The molecule has 0 fully saturated rings. The maximum Gasteiger partial charge on any atom is 0.262 e. The van der Waals surface area contributed by atoms with Crippen molar-refractivity contribution in [3.8, 4) is 0 Å². The van der Waals surface area contributed by atoms with Gasteiger partial charge in [0.1, 0.15) is 0 Å². The third-order valence-electron chi connectivity index (χ3n) is 3.22. The van der Waals surface area contributed by atoms with Crippen molar-refractivity contribution in [3.05, 3.63) is 34.6 Å². The summed E-state index contributed by atoms with van der Waals surface area (Å²) in [5.74, 6) is 0.810. The average molecular weight is 306 g/mol. The monoisotopic (exact) mass is 306 g/mol. The summed E-state index contributed by atoms with van der Waals surface area (Å²) in [4.78, 5) is 17.3. The van der Waals surface area contributed by atoms with Gasteiger partial charge in [0, 0.05) is 18.9 Å². The molecule has 114 valence electrons. The van der Waals surface area contributed by atoms with Crippen molar-refractivity contribution in [2.75, 3.05) is 19.0 Å². The number of aromatic nitrogens is 2. The molecule has 0 radical (unpaired) electrons. The van der Waals surface area contributed by atoms with E-state index < -0.39 is 0 Å². The van der Waals surface area contributed by atoms with Crippen LogP contribution in [0.3, 0.4) is 0 Å². The van der Waals surface area contributed by atoms with E-state index in [0.29, 0.717) is 18.6 Å². The van der Waals surface area contributed by atoms with Crippen molar-refractivity contribution >= 4 is 22.7 Å². The first kappa shape index (κ1) is 16.0. The van der Waals surface area contributed by atoms with Gasteiger partial charge in [-0.1, -0.05) is 37.2 Å². The Labute approximate surface area is 129 Å². The number of rotatable bonds is 8. The summed E-state index contributed by atoms with van der Waals surface area (Å²) in [6.45, 7) is 6.23. The summed E-state index contributed by atoms with van der Waals surface area (Å²) in [6, 6.07) is 7.55. The van der Waals surface area contributed by atoms with Crippen LogP contribution in [0.4, 0.5) is 0 Å². The number of benzene rings is 1. The number of ether oxygens (including phenoxy) is 1. The van der Waals surface area contributed by atoms with Crippen LogP contribution >= 0.6 is 11.8 Å². The van der Waals surface area contributed by atoms with Gasteiger partial charge >= 0.3 is 0 Å². The molecule has 0 spiro atoms. The second-order valence-electron chi connectivity index (χ2n) is 4.77. The summed E-state index contributed by atoms with van der Waals surface area (Å²) in [5, 5.41) is 1.50. The van der Waals surface area contributed by atoms with Crippen molar-refractivity contribution in [1.82, 2.24) is 9.55 Å². The van der Waals surface area contributed by atoms with Crippen LogP contribution in [0.1, 0.15) is 26.7 Å². The van der Waals surface area contributed by atoms with Crippen molar-refractivity contribution in [3.63, 3.8) is 0 Å². The van der Waals surface area contributed by atoms with Gasteiger partial charge in [-0.05, 0) is 25.5 Å². The van der Waals surface area contributed by atoms with E-state index in [0.717, 1.165) is 35.8 Å². The molecular weight excluding hydrogens is 284 g/mol. The Balaban J connectivity index is 2.33. The molecule has 0 saturated heterocycles. The highest BCUT2D eigenvalue weighted by molar-refractivity contribution is 7.99. The predicted molar refractivity (Wildman–Crippen MR) is 88.1 cm³/mol. The molecule has 1 heterocycles. The number of unbranched alkanes of at least 4 members (excludes halogenated alkanes) is 1. The standard InChI is InChI=1S/C16H22N2O2S/c1-3-5-10-18-15(19)13-8-6-7-9-14(13)17-16(18)21-12-11-20-4-2/h6-9H,3-5,10-12H2,1-2H3. The number of hydrogen-bond acceptors (Lipinski definition) is 4. The summed E-state index contributed by atoms with van der Waals surface area (Å²) in [7, 11) is 0. The largest absolute Gasteiger partial charge is 0.381 e. The Morgan fingerprint density at radius 2 is 2.10 bits per heavy atom. The van der Waals surface area contributed by atoms with E-state index in [4.69, 9.17) is 4.74 Å².